The highest BCUT2D eigenvalue weighted by Crippen LogP contribution is 2.40. The fraction of sp³-hybridized carbons (Fsp3) is 0.733. The van der Waals surface area contributed by atoms with E-state index in [1.54, 1.807) is 6.26 Å². The normalized spacial score (nSPS) is 14.1. The summed E-state index contributed by atoms with van der Waals surface area (Å²) in [6, 6.07) is 2.16. The van der Waals surface area contributed by atoms with Crippen LogP contribution >= 0.6 is 15.9 Å². The number of likely N-dealkylation sites (N-methyl/N-ethyl adjacent to an activating group) is 2. The highest BCUT2D eigenvalue weighted by Gasteiger charge is 2.42. The average molecular weight is 331 g/mol. The molecule has 3 nitrogen and oxygen atoms in total. The van der Waals surface area contributed by atoms with Crippen molar-refractivity contribution in [2.75, 3.05) is 20.1 Å². The molecule has 0 radical (unpaired) electrons. The van der Waals surface area contributed by atoms with Gasteiger partial charge >= 0.3 is 0 Å². The van der Waals surface area contributed by atoms with Gasteiger partial charge < -0.3 is 9.73 Å². The quantitative estimate of drug-likeness (QED) is 0.774. The topological polar surface area (TPSA) is 28.4 Å². The van der Waals surface area contributed by atoms with E-state index in [-0.39, 0.29) is 11.6 Å². The zero-order valence-electron chi connectivity index (χ0n) is 12.8. The van der Waals surface area contributed by atoms with Crippen LogP contribution in [0.1, 0.15) is 52.3 Å². The minimum Gasteiger partial charge on any atom is -0.466 e. The first kappa shape index (κ1) is 16.7. The van der Waals surface area contributed by atoms with Gasteiger partial charge in [0.05, 0.1) is 16.8 Å². The van der Waals surface area contributed by atoms with Crippen LogP contribution in [0.2, 0.25) is 0 Å². The molecule has 0 bridgehead atoms. The molecule has 1 N–H and O–H groups in total. The zero-order chi connectivity index (χ0) is 14.5. The van der Waals surface area contributed by atoms with E-state index in [9.17, 15) is 0 Å². The molecule has 110 valence electrons. The largest absolute Gasteiger partial charge is 0.466 e. The average Bonchev–Trinajstić information content (AvgIpc) is 2.85. The molecule has 0 saturated carbocycles. The second-order valence-corrected chi connectivity index (χ2v) is 5.69. The second kappa shape index (κ2) is 7.46. The molecule has 0 aliphatic carbocycles. The van der Waals surface area contributed by atoms with Crippen LogP contribution in [-0.4, -0.2) is 30.6 Å². The zero-order valence-corrected chi connectivity index (χ0v) is 14.4. The Kier molecular flexibility index (Phi) is 6.57. The third-order valence-corrected chi connectivity index (χ3v) is 5.01. The second-order valence-electron chi connectivity index (χ2n) is 4.84. The summed E-state index contributed by atoms with van der Waals surface area (Å²) in [5.74, 6) is 0.998. The SMILES string of the molecule is CCN(CC)C(CC)(CC)C(NC)c1occc1Br. The van der Waals surface area contributed by atoms with Crippen LogP contribution in [0, 0.1) is 0 Å². The van der Waals surface area contributed by atoms with Crippen molar-refractivity contribution in [1.29, 1.82) is 0 Å². The number of rotatable bonds is 8. The number of nitrogens with one attached hydrogen (secondary N) is 1. The number of hydrogen-bond donors (Lipinski definition) is 1. The number of nitrogens with zero attached hydrogens (tertiary/aromatic N) is 1. The van der Waals surface area contributed by atoms with Gasteiger partial charge in [0.25, 0.3) is 0 Å². The Bertz CT molecular complexity index is 370. The predicted octanol–water partition coefficient (Wildman–Crippen LogP) is 4.20. The van der Waals surface area contributed by atoms with Crippen LogP contribution < -0.4 is 5.32 Å². The maximum Gasteiger partial charge on any atom is 0.136 e. The fourth-order valence-electron chi connectivity index (χ4n) is 3.30. The van der Waals surface area contributed by atoms with Gasteiger partial charge in [-0.05, 0) is 55.0 Å². The van der Waals surface area contributed by atoms with Gasteiger partial charge in [-0.2, -0.15) is 0 Å². The molecule has 1 aromatic rings. The third-order valence-electron chi connectivity index (χ3n) is 4.35. The van der Waals surface area contributed by atoms with E-state index in [0.717, 1.165) is 36.2 Å². The Morgan fingerprint density at radius 2 is 1.84 bits per heavy atom. The van der Waals surface area contributed by atoms with Gasteiger partial charge in [0.15, 0.2) is 0 Å². The van der Waals surface area contributed by atoms with Crippen molar-refractivity contribution < 1.29 is 4.42 Å². The molecule has 1 heterocycles. The summed E-state index contributed by atoms with van der Waals surface area (Å²) in [5, 5.41) is 3.47. The molecule has 0 saturated heterocycles. The van der Waals surface area contributed by atoms with E-state index < -0.39 is 0 Å². The van der Waals surface area contributed by atoms with Crippen LogP contribution in [0.25, 0.3) is 0 Å². The summed E-state index contributed by atoms with van der Waals surface area (Å²) in [6.45, 7) is 11.1. The van der Waals surface area contributed by atoms with E-state index in [1.165, 1.54) is 0 Å². The van der Waals surface area contributed by atoms with Crippen molar-refractivity contribution >= 4 is 15.9 Å². The molecule has 0 fully saturated rings. The van der Waals surface area contributed by atoms with Gasteiger partial charge in [-0.3, -0.25) is 4.90 Å². The molecule has 0 amide bonds. The Balaban J connectivity index is 3.25. The van der Waals surface area contributed by atoms with E-state index in [1.807, 2.05) is 13.1 Å². The monoisotopic (exact) mass is 330 g/mol. The molecule has 1 unspecified atom stereocenters. The van der Waals surface area contributed by atoms with Crippen LogP contribution in [0.5, 0.6) is 0 Å². The highest BCUT2D eigenvalue weighted by atomic mass is 79.9. The molecular weight excluding hydrogens is 304 g/mol. The van der Waals surface area contributed by atoms with Crippen molar-refractivity contribution in [1.82, 2.24) is 10.2 Å². The molecule has 1 rings (SSSR count). The first-order chi connectivity index (χ1) is 9.11. The summed E-state index contributed by atoms with van der Waals surface area (Å²) in [5.41, 5.74) is 0.0820. The maximum atomic E-state index is 5.73. The Labute approximate surface area is 125 Å². The van der Waals surface area contributed by atoms with Gasteiger partial charge in [0, 0.05) is 5.54 Å². The van der Waals surface area contributed by atoms with Crippen LogP contribution in [0.15, 0.2) is 21.2 Å². The van der Waals surface area contributed by atoms with Crippen molar-refractivity contribution in [3.63, 3.8) is 0 Å². The van der Waals surface area contributed by atoms with Crippen LogP contribution in [0.4, 0.5) is 0 Å². The fourth-order valence-corrected chi connectivity index (χ4v) is 3.73. The number of halogens is 1. The molecule has 0 aliphatic heterocycles. The van der Waals surface area contributed by atoms with Gasteiger partial charge in [-0.25, -0.2) is 0 Å². The first-order valence-electron chi connectivity index (χ1n) is 7.26. The molecule has 0 aromatic carbocycles. The van der Waals surface area contributed by atoms with E-state index >= 15 is 0 Å². The molecular formula is C15H27BrN2O. The summed E-state index contributed by atoms with van der Waals surface area (Å²) in [7, 11) is 2.02. The molecule has 1 atom stereocenters. The Morgan fingerprint density at radius 1 is 1.26 bits per heavy atom. The van der Waals surface area contributed by atoms with Gasteiger partial charge in [-0.15, -0.1) is 0 Å². The van der Waals surface area contributed by atoms with E-state index in [0.29, 0.717) is 0 Å². The van der Waals surface area contributed by atoms with E-state index in [2.05, 4.69) is 53.8 Å². The van der Waals surface area contributed by atoms with Crippen molar-refractivity contribution in [2.45, 2.75) is 52.1 Å². The first-order valence-corrected chi connectivity index (χ1v) is 8.05. The Morgan fingerprint density at radius 3 is 2.16 bits per heavy atom. The van der Waals surface area contributed by atoms with Gasteiger partial charge in [0.1, 0.15) is 5.76 Å². The van der Waals surface area contributed by atoms with E-state index in [4.69, 9.17) is 4.42 Å². The van der Waals surface area contributed by atoms with Gasteiger partial charge in [0.2, 0.25) is 0 Å². The molecule has 4 heteroatoms. The molecule has 19 heavy (non-hydrogen) atoms. The summed E-state index contributed by atoms with van der Waals surface area (Å²) < 4.78 is 6.78. The van der Waals surface area contributed by atoms with Crippen molar-refractivity contribution in [3.8, 4) is 0 Å². The lowest BCUT2D eigenvalue weighted by Crippen LogP contribution is -2.55. The van der Waals surface area contributed by atoms with Gasteiger partial charge in [-0.1, -0.05) is 27.7 Å². The summed E-state index contributed by atoms with van der Waals surface area (Å²) in [4.78, 5) is 2.54. The number of furan rings is 1. The van der Waals surface area contributed by atoms with Crippen LogP contribution in [0.3, 0.4) is 0 Å². The summed E-state index contributed by atoms with van der Waals surface area (Å²) >= 11 is 3.60. The van der Waals surface area contributed by atoms with Crippen molar-refractivity contribution in [3.05, 3.63) is 22.6 Å². The molecule has 0 aliphatic rings. The Hall–Kier alpha value is -0.320. The number of hydrogen-bond acceptors (Lipinski definition) is 3. The maximum absolute atomic E-state index is 5.73. The lowest BCUT2D eigenvalue weighted by Gasteiger charge is -2.47. The molecule has 1 aromatic heterocycles. The summed E-state index contributed by atoms with van der Waals surface area (Å²) in [6.07, 6.45) is 3.93. The third kappa shape index (κ3) is 3.06. The minimum absolute atomic E-state index is 0.0820. The minimum atomic E-state index is 0.0820. The lowest BCUT2D eigenvalue weighted by atomic mass is 9.81. The standard InChI is InChI=1S/C15H27BrN2O/c1-6-15(7-2,18(8-3)9-4)14(17-5)13-12(16)10-11-19-13/h10-11,14,17H,6-9H2,1-5H3. The van der Waals surface area contributed by atoms with Crippen molar-refractivity contribution in [2.24, 2.45) is 0 Å². The molecule has 0 spiro atoms. The predicted molar refractivity (Wildman–Crippen MR) is 84.4 cm³/mol. The van der Waals surface area contributed by atoms with Crippen LogP contribution in [-0.2, 0) is 0 Å². The highest BCUT2D eigenvalue weighted by molar-refractivity contribution is 9.10. The smallest absolute Gasteiger partial charge is 0.136 e. The lowest BCUT2D eigenvalue weighted by molar-refractivity contribution is 0.0434.